The highest BCUT2D eigenvalue weighted by Gasteiger charge is 2.34. The minimum absolute atomic E-state index is 0.0482. The average Bonchev–Trinajstić information content (AvgIpc) is 3.79. The Morgan fingerprint density at radius 2 is 1.83 bits per heavy atom. The van der Waals surface area contributed by atoms with Gasteiger partial charge in [0.25, 0.3) is 5.91 Å². The molecule has 0 aliphatic carbocycles. The van der Waals surface area contributed by atoms with E-state index in [0.717, 1.165) is 46.3 Å². The van der Waals surface area contributed by atoms with E-state index in [1.807, 2.05) is 48.4 Å². The van der Waals surface area contributed by atoms with Crippen molar-refractivity contribution >= 4 is 46.2 Å². The van der Waals surface area contributed by atoms with Crippen molar-refractivity contribution in [2.75, 3.05) is 18.5 Å². The minimum atomic E-state index is -0.222. The first-order chi connectivity index (χ1) is 25.3. The number of H-pyrrole nitrogens is 1. The van der Waals surface area contributed by atoms with Crippen LogP contribution < -0.4 is 10.1 Å². The van der Waals surface area contributed by atoms with Crippen molar-refractivity contribution in [3.8, 4) is 17.0 Å². The Balaban J connectivity index is 0.900. The fraction of sp³-hybridized carbons (Fsp3) is 0.326. The summed E-state index contributed by atoms with van der Waals surface area (Å²) in [5, 5.41) is 3.99. The molecule has 5 aromatic rings. The van der Waals surface area contributed by atoms with Gasteiger partial charge in [0, 0.05) is 61.5 Å². The molecule has 2 amide bonds. The lowest BCUT2D eigenvalue weighted by Crippen LogP contribution is -2.35. The minimum Gasteiger partial charge on any atom is -0.493 e. The summed E-state index contributed by atoms with van der Waals surface area (Å²) in [6.45, 7) is 13.5. The number of imidazole rings is 1. The number of aromatic nitrogens is 3. The number of carbonyl (C=O) groups is 3. The van der Waals surface area contributed by atoms with Crippen LogP contribution in [0.3, 0.4) is 0 Å². The van der Waals surface area contributed by atoms with Crippen molar-refractivity contribution in [3.05, 3.63) is 107 Å². The predicted octanol–water partition coefficient (Wildman–Crippen LogP) is 8.18. The molecule has 0 saturated carbocycles. The fourth-order valence-electron chi connectivity index (χ4n) is 7.15. The van der Waals surface area contributed by atoms with Gasteiger partial charge in [-0.25, -0.2) is 4.98 Å². The first-order valence-corrected chi connectivity index (χ1v) is 18.2. The molecule has 0 bridgehead atoms. The van der Waals surface area contributed by atoms with Gasteiger partial charge in [0.05, 0.1) is 23.9 Å². The molecule has 2 aliphatic rings. The van der Waals surface area contributed by atoms with Crippen LogP contribution in [0.4, 0.5) is 11.5 Å². The number of hydrogen-bond donors (Lipinski definition) is 2. The summed E-state index contributed by atoms with van der Waals surface area (Å²) in [6.07, 6.45) is 6.07. The Morgan fingerprint density at radius 1 is 1.06 bits per heavy atom. The molecule has 2 aromatic heterocycles. The van der Waals surface area contributed by atoms with E-state index in [1.165, 1.54) is 10.9 Å². The Morgan fingerprint density at radius 3 is 2.60 bits per heavy atom. The van der Waals surface area contributed by atoms with Gasteiger partial charge in [-0.2, -0.15) is 0 Å². The van der Waals surface area contributed by atoms with Crippen LogP contribution in [0.5, 0.6) is 5.75 Å². The van der Waals surface area contributed by atoms with Crippen molar-refractivity contribution in [3.63, 3.8) is 0 Å². The van der Waals surface area contributed by atoms with Gasteiger partial charge in [-0.3, -0.25) is 19.4 Å². The monoisotopic (exact) mass is 710 g/mol. The second-order valence-corrected chi connectivity index (χ2v) is 15.6. The molecule has 1 fully saturated rings. The van der Waals surface area contributed by atoms with Gasteiger partial charge >= 0.3 is 0 Å². The van der Waals surface area contributed by atoms with Crippen LogP contribution in [0, 0.1) is 12.3 Å². The summed E-state index contributed by atoms with van der Waals surface area (Å²) in [5.74, 6) is 0.826. The lowest BCUT2D eigenvalue weighted by molar-refractivity contribution is -0.116. The molecule has 1 atom stereocenters. The third-order valence-corrected chi connectivity index (χ3v) is 9.71. The number of rotatable bonds is 11. The normalized spacial score (nSPS) is 15.4. The van der Waals surface area contributed by atoms with Crippen LogP contribution in [0.25, 0.3) is 22.2 Å². The van der Waals surface area contributed by atoms with Crippen LogP contribution in [-0.4, -0.2) is 62.4 Å². The number of hydrogen-bond acceptors (Lipinski definition) is 6. The topological polar surface area (TPSA) is 122 Å². The number of benzene rings is 3. The highest BCUT2D eigenvalue weighted by atomic mass is 16.5. The zero-order chi connectivity index (χ0) is 37.4. The number of nitrogens with one attached hydrogen (secondary N) is 2. The zero-order valence-corrected chi connectivity index (χ0v) is 31.1. The molecule has 10 nitrogen and oxygen atoms in total. The van der Waals surface area contributed by atoms with Crippen molar-refractivity contribution in [1.82, 2.24) is 19.4 Å². The molecule has 272 valence electrons. The smallest absolute Gasteiger partial charge is 0.256 e. The summed E-state index contributed by atoms with van der Waals surface area (Å²) < 4.78 is 7.65. The number of ketones is 1. The standard InChI is InChI=1S/C43H46N6O4/c1-26-16-32-23-44-36-21-38(27(2)17-33(36)42(52)49(32)24-26)53-15-7-8-40(51)46-39-25-48(6)41(47-39)37(50)19-28-9-12-30(13-10-28)35-20-31-18-29(22-43(3,4)5)11-14-34(31)45-35/h9-14,17-18,20-21,23,25,32,45H,1,7-8,15-16,19,22,24H2,2-6H3,(H,46,51)/t32-/m0/s1. The maximum atomic E-state index is 13.2. The van der Waals surface area contributed by atoms with Crippen molar-refractivity contribution in [2.24, 2.45) is 17.5 Å². The van der Waals surface area contributed by atoms with E-state index in [2.05, 4.69) is 71.9 Å². The number of aliphatic imine (C=N–C) groups is 1. The molecule has 1 saturated heterocycles. The van der Waals surface area contributed by atoms with E-state index in [9.17, 15) is 14.4 Å². The Kier molecular flexibility index (Phi) is 9.63. The van der Waals surface area contributed by atoms with Crippen molar-refractivity contribution in [1.29, 1.82) is 0 Å². The molecular weight excluding hydrogens is 665 g/mol. The van der Waals surface area contributed by atoms with E-state index >= 15 is 0 Å². The van der Waals surface area contributed by atoms with Crippen LogP contribution in [0.15, 0.2) is 84.0 Å². The van der Waals surface area contributed by atoms with Gasteiger partial charge in [0.1, 0.15) is 5.75 Å². The van der Waals surface area contributed by atoms with Crippen LogP contribution in [0.1, 0.15) is 77.7 Å². The molecule has 53 heavy (non-hydrogen) atoms. The third-order valence-electron chi connectivity index (χ3n) is 9.71. The number of fused-ring (bicyclic) bond motifs is 3. The molecule has 3 aromatic carbocycles. The summed E-state index contributed by atoms with van der Waals surface area (Å²) in [7, 11) is 1.75. The van der Waals surface area contributed by atoms with Gasteiger partial charge in [0.2, 0.25) is 11.7 Å². The summed E-state index contributed by atoms with van der Waals surface area (Å²) in [5.41, 5.74) is 8.61. The number of aryl methyl sites for hydroxylation is 2. The number of nitrogens with zero attached hydrogens (tertiary/aromatic N) is 4. The Bertz CT molecular complexity index is 2270. The predicted molar refractivity (Wildman–Crippen MR) is 209 cm³/mol. The number of ether oxygens (including phenoxy) is 1. The average molecular weight is 711 g/mol. The third kappa shape index (κ3) is 8.01. The number of Topliss-reactive ketones (excluding diaryl/α,β-unsaturated/α-hetero) is 1. The Labute approximate surface area is 310 Å². The maximum Gasteiger partial charge on any atom is 0.256 e. The summed E-state index contributed by atoms with van der Waals surface area (Å²) in [6, 6.07) is 20.3. The second-order valence-electron chi connectivity index (χ2n) is 15.6. The zero-order valence-electron chi connectivity index (χ0n) is 31.1. The molecule has 0 spiro atoms. The highest BCUT2D eigenvalue weighted by molar-refractivity contribution is 6.03. The van der Waals surface area contributed by atoms with Gasteiger partial charge in [0.15, 0.2) is 11.6 Å². The molecule has 2 N–H and O–H groups in total. The van der Waals surface area contributed by atoms with E-state index in [0.29, 0.717) is 42.4 Å². The van der Waals surface area contributed by atoms with E-state index < -0.39 is 0 Å². The van der Waals surface area contributed by atoms with E-state index in [4.69, 9.17) is 4.74 Å². The van der Waals surface area contributed by atoms with E-state index in [1.54, 1.807) is 23.9 Å². The van der Waals surface area contributed by atoms with Gasteiger partial charge < -0.3 is 24.5 Å². The molecular formula is C43H46N6O4. The number of amides is 2. The first kappa shape index (κ1) is 35.6. The lowest BCUT2D eigenvalue weighted by Gasteiger charge is -2.20. The van der Waals surface area contributed by atoms with Crippen molar-refractivity contribution < 1.29 is 19.1 Å². The van der Waals surface area contributed by atoms with Crippen molar-refractivity contribution in [2.45, 2.75) is 65.8 Å². The molecule has 0 radical (unpaired) electrons. The number of anilines is 1. The SMILES string of the molecule is C=C1C[C@H]2C=Nc3cc(OCCCC(=O)Nc4cn(C)c(C(=O)Cc5ccc(-c6cc7cc(CC(C)(C)C)ccc7[nH]6)cc5)n4)c(C)cc3C(=O)N2C1. The number of aromatic amines is 1. The fourth-order valence-corrected chi connectivity index (χ4v) is 7.15. The maximum absolute atomic E-state index is 13.2. The van der Waals surface area contributed by atoms with Gasteiger partial charge in [-0.1, -0.05) is 63.3 Å². The van der Waals surface area contributed by atoms with Crippen LogP contribution >= 0.6 is 0 Å². The van der Waals surface area contributed by atoms with Crippen LogP contribution in [-0.2, 0) is 24.7 Å². The quantitative estimate of drug-likeness (QED) is 0.0814. The summed E-state index contributed by atoms with van der Waals surface area (Å²) in [4.78, 5) is 53.5. The van der Waals surface area contributed by atoms with E-state index in [-0.39, 0.29) is 47.7 Å². The highest BCUT2D eigenvalue weighted by Crippen LogP contribution is 2.35. The largest absolute Gasteiger partial charge is 0.493 e. The van der Waals surface area contributed by atoms with Crippen LogP contribution in [0.2, 0.25) is 0 Å². The van der Waals surface area contributed by atoms with Gasteiger partial charge in [-0.15, -0.1) is 0 Å². The second kappa shape index (κ2) is 14.3. The molecule has 4 heterocycles. The lowest BCUT2D eigenvalue weighted by atomic mass is 9.88. The summed E-state index contributed by atoms with van der Waals surface area (Å²) >= 11 is 0. The molecule has 7 rings (SSSR count). The Hall–Kier alpha value is -5.77. The van der Waals surface area contributed by atoms with Gasteiger partial charge in [-0.05, 0) is 78.1 Å². The molecule has 0 unspecified atom stereocenters. The number of carbonyl (C=O) groups excluding carboxylic acids is 3. The first-order valence-electron chi connectivity index (χ1n) is 18.2. The molecule has 2 aliphatic heterocycles. The molecule has 10 heteroatoms.